The van der Waals surface area contributed by atoms with Gasteiger partial charge in [0.1, 0.15) is 5.60 Å². The zero-order valence-electron chi connectivity index (χ0n) is 13.2. The third-order valence-corrected chi connectivity index (χ3v) is 4.63. The molecule has 3 heterocycles. The van der Waals surface area contributed by atoms with Crippen molar-refractivity contribution in [3.63, 3.8) is 0 Å². The summed E-state index contributed by atoms with van der Waals surface area (Å²) in [5.74, 6) is 1.65. The van der Waals surface area contributed by atoms with Crippen molar-refractivity contribution < 1.29 is 9.84 Å². The van der Waals surface area contributed by atoms with E-state index >= 15 is 0 Å². The largest absolute Gasteiger partial charge is 0.386 e. The van der Waals surface area contributed by atoms with Crippen molar-refractivity contribution in [2.45, 2.75) is 24.9 Å². The van der Waals surface area contributed by atoms with E-state index in [1.165, 1.54) is 12.8 Å². The van der Waals surface area contributed by atoms with E-state index in [9.17, 15) is 5.11 Å². The molecule has 2 N–H and O–H groups in total. The minimum atomic E-state index is -0.810. The van der Waals surface area contributed by atoms with Crippen LogP contribution in [0, 0.1) is 0 Å². The number of ether oxygens (including phenoxy) is 1. The number of para-hydroxylation sites is 2. The van der Waals surface area contributed by atoms with Gasteiger partial charge >= 0.3 is 0 Å². The Labute approximate surface area is 135 Å². The molecule has 0 radical (unpaired) electrons. The number of nitrogens with zero attached hydrogens (tertiary/aromatic N) is 3. The van der Waals surface area contributed by atoms with Gasteiger partial charge in [-0.3, -0.25) is 0 Å². The monoisotopic (exact) mass is 314 g/mol. The maximum Gasteiger partial charge on any atom is 0.172 e. The van der Waals surface area contributed by atoms with Crippen molar-refractivity contribution in [2.24, 2.45) is 0 Å². The van der Waals surface area contributed by atoms with E-state index in [1.807, 2.05) is 24.3 Å². The SMILES string of the molecule is OC1(CNc2nc3ccccc3nc2N2CCCC2)CCOC1. The number of anilines is 2. The Morgan fingerprint density at radius 3 is 2.61 bits per heavy atom. The second kappa shape index (κ2) is 5.94. The van der Waals surface area contributed by atoms with E-state index in [2.05, 4.69) is 10.2 Å². The molecule has 0 amide bonds. The van der Waals surface area contributed by atoms with Crippen LogP contribution in [0.15, 0.2) is 24.3 Å². The highest BCUT2D eigenvalue weighted by molar-refractivity contribution is 5.80. The minimum Gasteiger partial charge on any atom is -0.386 e. The predicted molar refractivity (Wildman–Crippen MR) is 89.9 cm³/mol. The van der Waals surface area contributed by atoms with Gasteiger partial charge < -0.3 is 20.1 Å². The van der Waals surface area contributed by atoms with E-state index in [4.69, 9.17) is 14.7 Å². The molecule has 1 aromatic carbocycles. The molecular formula is C17H22N4O2. The fraction of sp³-hybridized carbons (Fsp3) is 0.529. The second-order valence-electron chi connectivity index (χ2n) is 6.46. The number of hydrogen-bond acceptors (Lipinski definition) is 6. The highest BCUT2D eigenvalue weighted by atomic mass is 16.5. The number of rotatable bonds is 4. The van der Waals surface area contributed by atoms with Crippen molar-refractivity contribution in [3.8, 4) is 0 Å². The lowest BCUT2D eigenvalue weighted by Gasteiger charge is -2.24. The molecule has 0 spiro atoms. The van der Waals surface area contributed by atoms with Crippen LogP contribution in [0.3, 0.4) is 0 Å². The Balaban J connectivity index is 1.66. The third kappa shape index (κ3) is 2.96. The number of nitrogens with one attached hydrogen (secondary N) is 1. The van der Waals surface area contributed by atoms with Crippen molar-refractivity contribution in [2.75, 3.05) is 43.1 Å². The van der Waals surface area contributed by atoms with Crippen LogP contribution in [0.2, 0.25) is 0 Å². The summed E-state index contributed by atoms with van der Waals surface area (Å²) in [6, 6.07) is 7.91. The van der Waals surface area contributed by atoms with Crippen LogP contribution in [0.5, 0.6) is 0 Å². The lowest BCUT2D eigenvalue weighted by molar-refractivity contribution is 0.0381. The maximum atomic E-state index is 10.5. The number of fused-ring (bicyclic) bond motifs is 1. The van der Waals surface area contributed by atoms with Crippen LogP contribution in [0.4, 0.5) is 11.6 Å². The normalized spacial score (nSPS) is 24.5. The van der Waals surface area contributed by atoms with Gasteiger partial charge in [0, 0.05) is 32.7 Å². The highest BCUT2D eigenvalue weighted by Gasteiger charge is 2.32. The zero-order valence-corrected chi connectivity index (χ0v) is 13.2. The van der Waals surface area contributed by atoms with Crippen molar-refractivity contribution in [1.29, 1.82) is 0 Å². The van der Waals surface area contributed by atoms with E-state index in [0.29, 0.717) is 26.2 Å². The molecule has 6 heteroatoms. The minimum absolute atomic E-state index is 0.375. The average Bonchev–Trinajstić information content (AvgIpc) is 3.24. The summed E-state index contributed by atoms with van der Waals surface area (Å²) in [5, 5.41) is 13.8. The van der Waals surface area contributed by atoms with E-state index in [1.54, 1.807) is 0 Å². The summed E-state index contributed by atoms with van der Waals surface area (Å²) >= 11 is 0. The molecule has 1 atom stereocenters. The van der Waals surface area contributed by atoms with Crippen molar-refractivity contribution in [3.05, 3.63) is 24.3 Å². The number of aromatic nitrogens is 2. The van der Waals surface area contributed by atoms with E-state index in [0.717, 1.165) is 35.8 Å². The molecule has 6 nitrogen and oxygen atoms in total. The van der Waals surface area contributed by atoms with Gasteiger partial charge in [0.2, 0.25) is 0 Å². The predicted octanol–water partition coefficient (Wildman–Crippen LogP) is 1.79. The summed E-state index contributed by atoms with van der Waals surface area (Å²) in [6.45, 7) is 3.44. The first-order valence-corrected chi connectivity index (χ1v) is 8.29. The molecule has 1 aromatic heterocycles. The van der Waals surface area contributed by atoms with Gasteiger partial charge in [-0.05, 0) is 25.0 Å². The second-order valence-corrected chi connectivity index (χ2v) is 6.46. The number of hydrogen-bond donors (Lipinski definition) is 2. The molecule has 2 fully saturated rings. The molecule has 0 aliphatic carbocycles. The highest BCUT2D eigenvalue weighted by Crippen LogP contribution is 2.29. The molecule has 4 rings (SSSR count). The zero-order chi connectivity index (χ0) is 15.7. The summed E-state index contributed by atoms with van der Waals surface area (Å²) < 4.78 is 5.31. The van der Waals surface area contributed by atoms with Gasteiger partial charge in [-0.2, -0.15) is 0 Å². The van der Waals surface area contributed by atoms with Crippen LogP contribution in [-0.4, -0.2) is 53.5 Å². The van der Waals surface area contributed by atoms with Crippen LogP contribution in [0.25, 0.3) is 11.0 Å². The smallest absolute Gasteiger partial charge is 0.172 e. The Kier molecular flexibility index (Phi) is 3.79. The number of benzene rings is 1. The topological polar surface area (TPSA) is 70.5 Å². The van der Waals surface area contributed by atoms with Crippen molar-refractivity contribution >= 4 is 22.7 Å². The summed E-state index contributed by atoms with van der Waals surface area (Å²) in [4.78, 5) is 11.8. The molecule has 1 unspecified atom stereocenters. The molecule has 2 aromatic rings. The van der Waals surface area contributed by atoms with Crippen LogP contribution in [0.1, 0.15) is 19.3 Å². The summed E-state index contributed by atoms with van der Waals surface area (Å²) in [7, 11) is 0. The van der Waals surface area contributed by atoms with Gasteiger partial charge in [-0.1, -0.05) is 12.1 Å². The first kappa shape index (κ1) is 14.7. The Bertz CT molecular complexity index is 694. The van der Waals surface area contributed by atoms with Crippen LogP contribution >= 0.6 is 0 Å². The molecule has 2 saturated heterocycles. The molecule has 0 bridgehead atoms. The fourth-order valence-electron chi connectivity index (χ4n) is 3.24. The van der Waals surface area contributed by atoms with Gasteiger partial charge in [0.25, 0.3) is 0 Å². The number of aliphatic hydroxyl groups is 1. The standard InChI is InChI=1S/C17H22N4O2/c22-17(7-10-23-12-17)11-18-15-16(21-8-3-4-9-21)20-14-6-2-1-5-13(14)19-15/h1-2,5-6,22H,3-4,7-12H2,(H,18,19). The summed E-state index contributed by atoms with van der Waals surface area (Å²) in [5.41, 5.74) is 0.964. The maximum absolute atomic E-state index is 10.5. The van der Waals surface area contributed by atoms with Crippen LogP contribution < -0.4 is 10.2 Å². The lowest BCUT2D eigenvalue weighted by atomic mass is 10.0. The van der Waals surface area contributed by atoms with Crippen molar-refractivity contribution in [1.82, 2.24) is 9.97 Å². The van der Waals surface area contributed by atoms with Gasteiger partial charge in [0.05, 0.1) is 17.6 Å². The van der Waals surface area contributed by atoms with E-state index in [-0.39, 0.29) is 0 Å². The molecule has 122 valence electrons. The Hall–Kier alpha value is -1.92. The Morgan fingerprint density at radius 2 is 1.91 bits per heavy atom. The average molecular weight is 314 g/mol. The summed E-state index contributed by atoms with van der Waals surface area (Å²) in [6.07, 6.45) is 3.03. The third-order valence-electron chi connectivity index (χ3n) is 4.63. The molecule has 0 saturated carbocycles. The Morgan fingerprint density at radius 1 is 1.17 bits per heavy atom. The molecule has 2 aliphatic rings. The van der Waals surface area contributed by atoms with Gasteiger partial charge in [-0.25, -0.2) is 9.97 Å². The lowest BCUT2D eigenvalue weighted by Crippen LogP contribution is -2.38. The molecule has 2 aliphatic heterocycles. The quantitative estimate of drug-likeness (QED) is 0.897. The van der Waals surface area contributed by atoms with E-state index < -0.39 is 5.60 Å². The van der Waals surface area contributed by atoms with Gasteiger partial charge in [-0.15, -0.1) is 0 Å². The van der Waals surface area contributed by atoms with Crippen LogP contribution in [-0.2, 0) is 4.74 Å². The first-order chi connectivity index (χ1) is 11.2. The fourth-order valence-corrected chi connectivity index (χ4v) is 3.24. The first-order valence-electron chi connectivity index (χ1n) is 8.29. The molecular weight excluding hydrogens is 292 g/mol. The van der Waals surface area contributed by atoms with Gasteiger partial charge in [0.15, 0.2) is 11.6 Å². The molecule has 23 heavy (non-hydrogen) atoms.